The Kier molecular flexibility index (Phi) is 4.96. The topological polar surface area (TPSA) is 46.6 Å². The average Bonchev–Trinajstić information content (AvgIpc) is 2.27. The van der Waals surface area contributed by atoms with Gasteiger partial charge < -0.3 is 4.74 Å². The predicted octanol–water partition coefficient (Wildman–Crippen LogP) is 1.87. The van der Waals surface area contributed by atoms with Crippen LogP contribution in [0.2, 0.25) is 0 Å². The van der Waals surface area contributed by atoms with Crippen LogP contribution < -0.4 is 4.74 Å². The van der Waals surface area contributed by atoms with Gasteiger partial charge in [0.15, 0.2) is 0 Å². The Morgan fingerprint density at radius 1 is 1.24 bits per heavy atom. The molecule has 0 aliphatic heterocycles. The zero-order valence-electron chi connectivity index (χ0n) is 10.5. The third kappa shape index (κ3) is 4.75. The Hall–Kier alpha value is -1.07. The van der Waals surface area contributed by atoms with Crippen LogP contribution in [-0.2, 0) is 16.6 Å². The Morgan fingerprint density at radius 3 is 2.29 bits per heavy atom. The molecular weight excluding hydrogens is 238 g/mol. The van der Waals surface area contributed by atoms with Crippen LogP contribution in [0.4, 0.5) is 0 Å². The summed E-state index contributed by atoms with van der Waals surface area (Å²) in [4.78, 5) is 0. The Labute approximate surface area is 103 Å². The zero-order chi connectivity index (χ0) is 12.9. The van der Waals surface area contributed by atoms with Gasteiger partial charge in [0.1, 0.15) is 5.75 Å². The van der Waals surface area contributed by atoms with Gasteiger partial charge in [0.25, 0.3) is 0 Å². The van der Waals surface area contributed by atoms with E-state index >= 15 is 0 Å². The number of benzene rings is 1. The van der Waals surface area contributed by atoms with Crippen molar-refractivity contribution < 1.29 is 13.2 Å². The maximum Gasteiger partial charge on any atom is 0.211 e. The molecule has 0 heterocycles. The van der Waals surface area contributed by atoms with E-state index in [2.05, 4.69) is 6.92 Å². The van der Waals surface area contributed by atoms with Gasteiger partial charge in [0, 0.05) is 13.6 Å². The minimum atomic E-state index is -3.12. The molecule has 0 saturated heterocycles. The number of hydrogen-bond donors (Lipinski definition) is 0. The van der Waals surface area contributed by atoms with Gasteiger partial charge >= 0.3 is 0 Å². The third-order valence-electron chi connectivity index (χ3n) is 2.37. The molecular formula is C12H19NO3S. The quantitative estimate of drug-likeness (QED) is 0.781. The summed E-state index contributed by atoms with van der Waals surface area (Å²) < 4.78 is 29.3. The van der Waals surface area contributed by atoms with Gasteiger partial charge in [-0.05, 0) is 24.1 Å². The maximum absolute atomic E-state index is 11.2. The molecule has 0 aliphatic carbocycles. The molecule has 0 bridgehead atoms. The molecule has 0 fully saturated rings. The van der Waals surface area contributed by atoms with Crippen LogP contribution in [-0.4, -0.2) is 32.6 Å². The smallest absolute Gasteiger partial charge is 0.211 e. The fourth-order valence-electron chi connectivity index (χ4n) is 1.29. The molecule has 96 valence electrons. The summed E-state index contributed by atoms with van der Waals surface area (Å²) in [6.45, 7) is 3.13. The number of ether oxygens (including phenoxy) is 1. The van der Waals surface area contributed by atoms with Crippen molar-refractivity contribution in [3.05, 3.63) is 29.8 Å². The molecule has 0 aromatic heterocycles. The number of nitrogens with zero attached hydrogens (tertiary/aromatic N) is 1. The van der Waals surface area contributed by atoms with Gasteiger partial charge in [-0.15, -0.1) is 0 Å². The molecule has 1 rings (SSSR count). The second kappa shape index (κ2) is 6.02. The lowest BCUT2D eigenvalue weighted by Gasteiger charge is -2.14. The summed E-state index contributed by atoms with van der Waals surface area (Å²) in [5, 5.41) is 0. The van der Waals surface area contributed by atoms with E-state index in [0.29, 0.717) is 13.2 Å². The lowest BCUT2D eigenvalue weighted by atomic mass is 10.2. The number of rotatable bonds is 6. The normalized spacial score (nSPS) is 11.8. The van der Waals surface area contributed by atoms with Gasteiger partial charge in [-0.25, -0.2) is 12.7 Å². The van der Waals surface area contributed by atoms with Crippen molar-refractivity contribution in [2.45, 2.75) is 19.9 Å². The highest BCUT2D eigenvalue weighted by molar-refractivity contribution is 7.88. The van der Waals surface area contributed by atoms with E-state index in [-0.39, 0.29) is 0 Å². The minimum Gasteiger partial charge on any atom is -0.494 e. The van der Waals surface area contributed by atoms with E-state index in [1.807, 2.05) is 24.3 Å². The molecule has 0 unspecified atom stereocenters. The van der Waals surface area contributed by atoms with Crippen LogP contribution in [0.1, 0.15) is 18.9 Å². The molecule has 0 N–H and O–H groups in total. The highest BCUT2D eigenvalue weighted by Gasteiger charge is 2.10. The van der Waals surface area contributed by atoms with Crippen molar-refractivity contribution in [2.24, 2.45) is 0 Å². The molecule has 17 heavy (non-hydrogen) atoms. The summed E-state index contributed by atoms with van der Waals surface area (Å²) in [5.41, 5.74) is 0.946. The summed E-state index contributed by atoms with van der Waals surface area (Å²) in [6.07, 6.45) is 2.17. The van der Waals surface area contributed by atoms with Crippen LogP contribution in [0.25, 0.3) is 0 Å². The Morgan fingerprint density at radius 2 is 1.82 bits per heavy atom. The fraction of sp³-hybridized carbons (Fsp3) is 0.500. The van der Waals surface area contributed by atoms with Gasteiger partial charge in [-0.1, -0.05) is 19.1 Å². The van der Waals surface area contributed by atoms with Crippen LogP contribution >= 0.6 is 0 Å². The number of sulfonamides is 1. The highest BCUT2D eigenvalue weighted by atomic mass is 32.2. The van der Waals surface area contributed by atoms with Crippen molar-refractivity contribution in [2.75, 3.05) is 19.9 Å². The molecule has 0 amide bonds. The lowest BCUT2D eigenvalue weighted by Crippen LogP contribution is -2.24. The SMILES string of the molecule is CCCOc1ccc(CN(C)S(C)(=O)=O)cc1. The van der Waals surface area contributed by atoms with Crippen molar-refractivity contribution >= 4 is 10.0 Å². The van der Waals surface area contributed by atoms with Crippen LogP contribution in [0.3, 0.4) is 0 Å². The minimum absolute atomic E-state index is 0.382. The monoisotopic (exact) mass is 257 g/mol. The molecule has 0 radical (unpaired) electrons. The second-order valence-corrected chi connectivity index (χ2v) is 6.10. The van der Waals surface area contributed by atoms with E-state index in [1.54, 1.807) is 7.05 Å². The van der Waals surface area contributed by atoms with E-state index in [9.17, 15) is 8.42 Å². The second-order valence-electron chi connectivity index (χ2n) is 4.01. The van der Waals surface area contributed by atoms with Gasteiger partial charge in [0.2, 0.25) is 10.0 Å². The van der Waals surface area contributed by atoms with Crippen molar-refractivity contribution in [1.82, 2.24) is 4.31 Å². The van der Waals surface area contributed by atoms with Gasteiger partial charge in [-0.3, -0.25) is 0 Å². The molecule has 1 aromatic rings. The molecule has 0 saturated carbocycles. The first-order valence-corrected chi connectivity index (χ1v) is 7.41. The van der Waals surface area contributed by atoms with E-state index in [4.69, 9.17) is 4.74 Å². The molecule has 0 atom stereocenters. The van der Waals surface area contributed by atoms with Gasteiger partial charge in [0.05, 0.1) is 12.9 Å². The Bertz CT molecular complexity index is 439. The lowest BCUT2D eigenvalue weighted by molar-refractivity contribution is 0.317. The van der Waals surface area contributed by atoms with Crippen molar-refractivity contribution in [3.8, 4) is 5.75 Å². The molecule has 1 aromatic carbocycles. The first-order valence-electron chi connectivity index (χ1n) is 5.56. The Balaban J connectivity index is 2.62. The number of hydrogen-bond acceptors (Lipinski definition) is 3. The fourth-order valence-corrected chi connectivity index (χ4v) is 1.67. The predicted molar refractivity (Wildman–Crippen MR) is 68.5 cm³/mol. The standard InChI is InChI=1S/C12H19NO3S/c1-4-9-16-12-7-5-11(6-8-12)10-13(2)17(3,14)15/h5-8H,4,9-10H2,1-3H3. The third-order valence-corrected chi connectivity index (χ3v) is 3.63. The maximum atomic E-state index is 11.2. The van der Waals surface area contributed by atoms with E-state index in [1.165, 1.54) is 10.6 Å². The van der Waals surface area contributed by atoms with Crippen LogP contribution in [0.5, 0.6) is 5.75 Å². The molecule has 0 aliphatic rings. The molecule has 5 heteroatoms. The van der Waals surface area contributed by atoms with Crippen molar-refractivity contribution in [1.29, 1.82) is 0 Å². The van der Waals surface area contributed by atoms with Crippen LogP contribution in [0, 0.1) is 0 Å². The van der Waals surface area contributed by atoms with Crippen molar-refractivity contribution in [3.63, 3.8) is 0 Å². The van der Waals surface area contributed by atoms with E-state index < -0.39 is 10.0 Å². The highest BCUT2D eigenvalue weighted by Crippen LogP contribution is 2.14. The summed E-state index contributed by atoms with van der Waals surface area (Å²) >= 11 is 0. The van der Waals surface area contributed by atoms with E-state index in [0.717, 1.165) is 17.7 Å². The molecule has 4 nitrogen and oxygen atoms in total. The summed E-state index contributed by atoms with van der Waals surface area (Å²) in [7, 11) is -1.56. The summed E-state index contributed by atoms with van der Waals surface area (Å²) in [5.74, 6) is 0.817. The zero-order valence-corrected chi connectivity index (χ0v) is 11.3. The average molecular weight is 257 g/mol. The van der Waals surface area contributed by atoms with Gasteiger partial charge in [-0.2, -0.15) is 0 Å². The summed E-state index contributed by atoms with van der Waals surface area (Å²) in [6, 6.07) is 7.49. The first-order chi connectivity index (χ1) is 7.93. The van der Waals surface area contributed by atoms with Crippen LogP contribution in [0.15, 0.2) is 24.3 Å². The molecule has 0 spiro atoms. The largest absolute Gasteiger partial charge is 0.494 e. The first kappa shape index (κ1) is 14.0.